The van der Waals surface area contributed by atoms with Crippen LogP contribution >= 0.6 is 0 Å². The second-order valence-electron chi connectivity index (χ2n) is 6.73. The zero-order chi connectivity index (χ0) is 19.5. The van der Waals surface area contributed by atoms with Crippen molar-refractivity contribution < 1.29 is 5.48 Å². The molecule has 0 saturated carbocycles. The minimum Gasteiger partial charge on any atom is -0.294 e. The minimum atomic E-state index is -0.233. The summed E-state index contributed by atoms with van der Waals surface area (Å²) in [6.07, 6.45) is 1.75. The van der Waals surface area contributed by atoms with Gasteiger partial charge in [-0.25, -0.2) is 4.98 Å². The van der Waals surface area contributed by atoms with E-state index in [0.29, 0.717) is 16.7 Å². The molecule has 0 atom stereocenters. The Morgan fingerprint density at radius 3 is 2.57 bits per heavy atom. The maximum absolute atomic E-state index is 8.49. The number of benzene rings is 2. The number of pyridine rings is 1. The van der Waals surface area contributed by atoms with Gasteiger partial charge in [0.2, 0.25) is 0 Å². The molecule has 2 aromatic heterocycles. The van der Waals surface area contributed by atoms with E-state index in [9.17, 15) is 0 Å². The van der Waals surface area contributed by atoms with Gasteiger partial charge in [0.15, 0.2) is 0 Å². The van der Waals surface area contributed by atoms with Crippen LogP contribution in [0.3, 0.4) is 0 Å². The molecule has 2 aromatic carbocycles. The molecule has 0 aliphatic heterocycles. The van der Waals surface area contributed by atoms with Crippen molar-refractivity contribution >= 4 is 21.8 Å². The Balaban J connectivity index is 2.21. The lowest BCUT2D eigenvalue weighted by Gasteiger charge is -2.19. The highest BCUT2D eigenvalue weighted by atomic mass is 15.1. The topological polar surface area (TPSA) is 17.8 Å². The van der Waals surface area contributed by atoms with Crippen molar-refractivity contribution in [3.63, 3.8) is 0 Å². The molecule has 4 aromatic rings. The molecule has 0 N–H and O–H groups in total. The molecule has 0 radical (unpaired) electrons. The van der Waals surface area contributed by atoms with Gasteiger partial charge in [-0.3, -0.25) is 4.57 Å². The summed E-state index contributed by atoms with van der Waals surface area (Å²) in [5.74, 6) is 0.652. The maximum atomic E-state index is 8.49. The van der Waals surface area contributed by atoms with Crippen LogP contribution in [0.1, 0.15) is 31.8 Å². The van der Waals surface area contributed by atoms with E-state index in [0.717, 1.165) is 16.5 Å². The third kappa shape index (κ3) is 2.22. The van der Waals surface area contributed by atoms with Crippen LogP contribution in [0, 0.1) is 0 Å². The molecule has 0 saturated heterocycles. The highest BCUT2D eigenvalue weighted by Gasteiger charge is 2.17. The second kappa shape index (κ2) is 4.95. The van der Waals surface area contributed by atoms with Crippen molar-refractivity contribution in [3.05, 3.63) is 72.3 Å². The fourth-order valence-electron chi connectivity index (χ4n) is 2.91. The normalized spacial score (nSPS) is 14.6. The van der Waals surface area contributed by atoms with E-state index >= 15 is 0 Å². The summed E-state index contributed by atoms with van der Waals surface area (Å²) in [7, 11) is 0. The van der Waals surface area contributed by atoms with E-state index in [4.69, 9.17) is 5.48 Å². The van der Waals surface area contributed by atoms with Gasteiger partial charge in [-0.05, 0) is 35.2 Å². The molecule has 0 aliphatic carbocycles. The first-order valence-electron chi connectivity index (χ1n) is 9.68. The fraction of sp³-hybridized carbons (Fsp3) is 0.190. The van der Waals surface area contributed by atoms with Gasteiger partial charge in [0.25, 0.3) is 0 Å². The number of hydrogen-bond donors (Lipinski definition) is 0. The number of fused-ring (bicyclic) bond motifs is 3. The Morgan fingerprint density at radius 2 is 1.74 bits per heavy atom. The number of nitrogens with zero attached hydrogens (tertiary/aromatic N) is 2. The maximum Gasteiger partial charge on any atom is 0.137 e. The number of aromatic nitrogens is 2. The van der Waals surface area contributed by atoms with Crippen LogP contribution in [0.4, 0.5) is 0 Å². The molecular formula is C21H20N2. The third-order valence-electron chi connectivity index (χ3n) is 4.15. The zero-order valence-electron chi connectivity index (χ0n) is 17.4. The molecule has 0 bridgehead atoms. The predicted octanol–water partition coefficient (Wildman–Crippen LogP) is 5.48. The highest BCUT2D eigenvalue weighted by molar-refractivity contribution is 6.09. The monoisotopic (exact) mass is 304 g/mol. The van der Waals surface area contributed by atoms with E-state index in [-0.39, 0.29) is 29.6 Å². The first-order valence-corrected chi connectivity index (χ1v) is 7.68. The summed E-state index contributed by atoms with van der Waals surface area (Å²) >= 11 is 0. The quantitative estimate of drug-likeness (QED) is 0.455. The van der Waals surface area contributed by atoms with Crippen LogP contribution in [-0.4, -0.2) is 9.55 Å². The van der Waals surface area contributed by atoms with Crippen molar-refractivity contribution in [2.75, 3.05) is 0 Å². The van der Waals surface area contributed by atoms with Gasteiger partial charge in [0.1, 0.15) is 5.82 Å². The van der Waals surface area contributed by atoms with Crippen LogP contribution in [0.25, 0.3) is 27.6 Å². The van der Waals surface area contributed by atoms with Crippen LogP contribution in [0.2, 0.25) is 0 Å². The lowest BCUT2D eigenvalue weighted by molar-refractivity contribution is 0.588. The Hall–Kier alpha value is -2.61. The largest absolute Gasteiger partial charge is 0.294 e. The first-order chi connectivity index (χ1) is 12.7. The fourth-order valence-corrected chi connectivity index (χ4v) is 2.91. The third-order valence-corrected chi connectivity index (χ3v) is 4.15. The molecule has 0 spiro atoms. The Bertz CT molecular complexity index is 1200. The van der Waals surface area contributed by atoms with Crippen molar-refractivity contribution in [1.29, 1.82) is 0 Å². The zero-order valence-corrected chi connectivity index (χ0v) is 13.4. The molecule has 0 unspecified atom stereocenters. The lowest BCUT2D eigenvalue weighted by Crippen LogP contribution is -2.12. The molecule has 0 aliphatic rings. The van der Waals surface area contributed by atoms with E-state index in [1.54, 1.807) is 6.20 Å². The molecule has 4 rings (SSSR count). The predicted molar refractivity (Wildman–Crippen MR) is 97.3 cm³/mol. The van der Waals surface area contributed by atoms with Gasteiger partial charge in [-0.1, -0.05) is 57.1 Å². The summed E-state index contributed by atoms with van der Waals surface area (Å²) < 4.78 is 34.9. The highest BCUT2D eigenvalue weighted by Crippen LogP contribution is 2.32. The van der Waals surface area contributed by atoms with Gasteiger partial charge < -0.3 is 0 Å². The van der Waals surface area contributed by atoms with Crippen molar-refractivity contribution in [2.45, 2.75) is 26.2 Å². The van der Waals surface area contributed by atoms with Crippen molar-refractivity contribution in [2.24, 2.45) is 0 Å². The lowest BCUT2D eigenvalue weighted by atomic mass is 9.88. The van der Waals surface area contributed by atoms with Crippen molar-refractivity contribution in [1.82, 2.24) is 9.55 Å². The van der Waals surface area contributed by atoms with E-state index in [1.165, 1.54) is 0 Å². The summed E-state index contributed by atoms with van der Waals surface area (Å²) in [6.45, 7) is 6.39. The van der Waals surface area contributed by atoms with Crippen molar-refractivity contribution in [3.8, 4) is 5.82 Å². The van der Waals surface area contributed by atoms with Crippen LogP contribution in [-0.2, 0) is 5.41 Å². The number of hydrogen-bond acceptors (Lipinski definition) is 1. The Morgan fingerprint density at radius 1 is 0.957 bits per heavy atom. The smallest absolute Gasteiger partial charge is 0.137 e. The minimum absolute atomic E-state index is 0.0204. The Kier molecular flexibility index (Phi) is 2.20. The van der Waals surface area contributed by atoms with Gasteiger partial charge >= 0.3 is 0 Å². The second-order valence-corrected chi connectivity index (χ2v) is 6.73. The van der Waals surface area contributed by atoms with Crippen LogP contribution in [0.5, 0.6) is 0 Å². The van der Waals surface area contributed by atoms with Gasteiger partial charge in [-0.2, -0.15) is 0 Å². The van der Waals surface area contributed by atoms with Gasteiger partial charge in [-0.15, -0.1) is 0 Å². The van der Waals surface area contributed by atoms with E-state index in [2.05, 4.69) is 25.8 Å². The van der Waals surface area contributed by atoms with E-state index in [1.807, 2.05) is 41.0 Å². The summed E-state index contributed by atoms with van der Waals surface area (Å²) in [6, 6.07) is 11.1. The Labute approximate surface area is 142 Å². The SMILES string of the molecule is [2H]c1c([2H])c([2H])c2c(c1[2H])c1ccccc1n2-c1cc(C(C)(C)C)ccn1. The average Bonchev–Trinajstić information content (AvgIpc) is 2.99. The summed E-state index contributed by atoms with van der Waals surface area (Å²) in [5, 5.41) is 1.32. The molecule has 2 nitrogen and oxygen atoms in total. The molecule has 2 heterocycles. The molecule has 23 heavy (non-hydrogen) atoms. The molecule has 2 heteroatoms. The standard InChI is InChI=1S/C21H20N2/c1-21(2,3)15-12-13-22-20(14-15)23-18-10-6-4-8-16(18)17-9-5-7-11-19(17)23/h4-14H,1-3H3/i4D,6D,8D,10D. The number of rotatable bonds is 1. The molecule has 114 valence electrons. The summed E-state index contributed by atoms with van der Waals surface area (Å²) in [4.78, 5) is 4.53. The summed E-state index contributed by atoms with van der Waals surface area (Å²) in [5.41, 5.74) is 2.33. The van der Waals surface area contributed by atoms with Gasteiger partial charge in [0, 0.05) is 17.0 Å². The van der Waals surface area contributed by atoms with Gasteiger partial charge in [0.05, 0.1) is 16.5 Å². The molecular weight excluding hydrogens is 280 g/mol. The van der Waals surface area contributed by atoms with E-state index < -0.39 is 0 Å². The van der Waals surface area contributed by atoms with Crippen LogP contribution < -0.4 is 0 Å². The molecule has 0 amide bonds. The number of para-hydroxylation sites is 2. The van der Waals surface area contributed by atoms with Crippen LogP contribution in [0.15, 0.2) is 66.8 Å². The molecule has 0 fully saturated rings. The first kappa shape index (κ1) is 10.2. The average molecular weight is 304 g/mol.